The lowest BCUT2D eigenvalue weighted by Gasteiger charge is -2.36. The van der Waals surface area contributed by atoms with Gasteiger partial charge in [0.2, 0.25) is 0 Å². The molecule has 0 saturated heterocycles. The molecular weight excluding hydrogens is 534 g/mol. The van der Waals surface area contributed by atoms with Crippen LogP contribution in [0.25, 0.3) is 0 Å². The largest absolute Gasteiger partial charge is 0.531 e. The van der Waals surface area contributed by atoms with E-state index in [4.69, 9.17) is 0 Å². The zero-order valence-electron chi connectivity index (χ0n) is 16.7. The summed E-state index contributed by atoms with van der Waals surface area (Å²) in [6.07, 6.45) is -11.7. The van der Waals surface area contributed by atoms with Crippen LogP contribution < -0.4 is 4.52 Å². The van der Waals surface area contributed by atoms with Gasteiger partial charge in [0.15, 0.2) is 0 Å². The minimum Gasteiger partial charge on any atom is -0.404 e. The molecular formula is C16H14F13O4P. The molecule has 0 aromatic heterocycles. The van der Waals surface area contributed by atoms with Crippen molar-refractivity contribution in [2.24, 2.45) is 0 Å². The smallest absolute Gasteiger partial charge is 0.404 e. The molecule has 1 rings (SSSR count). The molecule has 0 aliphatic rings. The highest BCUT2D eigenvalue weighted by Gasteiger charge is 2.82. The standard InChI is InChI=1S/C16H14F13O4P/c1-11(2,13(21,22)10(17)18)33-34(30,32-9-6-4-3-5-7-9)31-8-12(19,20)14(23,24)15(25,26)16(27,28)29/h3-7,10H,8H2,1-2H3. The molecule has 0 saturated carbocycles. The van der Waals surface area contributed by atoms with Crippen LogP contribution in [0.3, 0.4) is 0 Å². The number of rotatable bonds is 11. The zero-order chi connectivity index (χ0) is 27.0. The van der Waals surface area contributed by atoms with Gasteiger partial charge in [-0.3, -0.25) is 9.05 Å². The predicted molar refractivity (Wildman–Crippen MR) is 87.6 cm³/mol. The molecule has 34 heavy (non-hydrogen) atoms. The van der Waals surface area contributed by atoms with Crippen molar-refractivity contribution in [2.45, 2.75) is 55.7 Å². The fourth-order valence-electron chi connectivity index (χ4n) is 1.94. The first-order valence-corrected chi connectivity index (χ1v) is 9.96. The van der Waals surface area contributed by atoms with Gasteiger partial charge >= 0.3 is 44.1 Å². The van der Waals surface area contributed by atoms with E-state index in [-0.39, 0.29) is 13.8 Å². The Morgan fingerprint density at radius 1 is 0.824 bits per heavy atom. The third-order valence-electron chi connectivity index (χ3n) is 3.99. The van der Waals surface area contributed by atoms with E-state index in [0.29, 0.717) is 0 Å². The summed E-state index contributed by atoms with van der Waals surface area (Å²) >= 11 is 0. The quantitative estimate of drug-likeness (QED) is 0.214. The Morgan fingerprint density at radius 3 is 1.71 bits per heavy atom. The minimum absolute atomic E-state index is 0.133. The van der Waals surface area contributed by atoms with Crippen molar-refractivity contribution in [1.29, 1.82) is 0 Å². The minimum atomic E-state index is -7.33. The summed E-state index contributed by atoms with van der Waals surface area (Å²) in [6.45, 7) is -2.99. The van der Waals surface area contributed by atoms with Gasteiger partial charge in [-0.1, -0.05) is 18.2 Å². The van der Waals surface area contributed by atoms with Crippen LogP contribution in [0.15, 0.2) is 30.3 Å². The average molecular weight is 548 g/mol. The Bertz CT molecular complexity index is 871. The Balaban J connectivity index is 3.36. The van der Waals surface area contributed by atoms with Crippen molar-refractivity contribution in [3.8, 4) is 5.75 Å². The van der Waals surface area contributed by atoms with E-state index in [1.165, 1.54) is 6.07 Å². The summed E-state index contributed by atoms with van der Waals surface area (Å²) < 4.78 is 195. The Hall–Kier alpha value is -1.74. The molecule has 1 unspecified atom stereocenters. The van der Waals surface area contributed by atoms with Crippen molar-refractivity contribution in [3.63, 3.8) is 0 Å². The molecule has 4 nitrogen and oxygen atoms in total. The van der Waals surface area contributed by atoms with E-state index >= 15 is 0 Å². The SMILES string of the molecule is CC(C)(OP(=O)(OCC(F)(F)C(F)(F)C(F)(F)C(F)(F)F)Oc1ccccc1)C(F)(F)C(F)F. The third-order valence-corrected chi connectivity index (χ3v) is 5.55. The molecule has 0 radical (unpaired) electrons. The molecule has 0 aliphatic heterocycles. The van der Waals surface area contributed by atoms with Crippen molar-refractivity contribution in [1.82, 2.24) is 0 Å². The number of benzene rings is 1. The van der Waals surface area contributed by atoms with Gasteiger partial charge in [0.25, 0.3) is 0 Å². The van der Waals surface area contributed by atoms with Crippen LogP contribution >= 0.6 is 7.82 Å². The van der Waals surface area contributed by atoms with Gasteiger partial charge in [-0.25, -0.2) is 13.3 Å². The van der Waals surface area contributed by atoms with Gasteiger partial charge in [0, 0.05) is 0 Å². The maximum atomic E-state index is 13.7. The summed E-state index contributed by atoms with van der Waals surface area (Å²) in [5, 5.41) is 0. The number of alkyl halides is 13. The zero-order valence-corrected chi connectivity index (χ0v) is 17.6. The van der Waals surface area contributed by atoms with Crippen LogP contribution in [0.1, 0.15) is 13.8 Å². The van der Waals surface area contributed by atoms with Gasteiger partial charge in [-0.15, -0.1) is 0 Å². The molecule has 0 spiro atoms. The van der Waals surface area contributed by atoms with Crippen LogP contribution in [0, 0.1) is 0 Å². The first kappa shape index (κ1) is 30.3. The molecule has 1 aromatic rings. The Kier molecular flexibility index (Phi) is 8.35. The highest BCUT2D eigenvalue weighted by molar-refractivity contribution is 7.49. The number of hydrogen-bond acceptors (Lipinski definition) is 4. The predicted octanol–water partition coefficient (Wildman–Crippen LogP) is 7.35. The number of phosphoric acid groups is 1. The maximum absolute atomic E-state index is 13.7. The second kappa shape index (κ2) is 9.37. The van der Waals surface area contributed by atoms with Crippen LogP contribution in [-0.2, 0) is 13.6 Å². The van der Waals surface area contributed by atoms with Crippen molar-refractivity contribution in [3.05, 3.63) is 30.3 Å². The molecule has 0 aliphatic carbocycles. The van der Waals surface area contributed by atoms with E-state index in [0.717, 1.165) is 24.3 Å². The summed E-state index contributed by atoms with van der Waals surface area (Å²) in [7, 11) is -6.11. The Labute approximate surface area is 182 Å². The van der Waals surface area contributed by atoms with Gasteiger partial charge < -0.3 is 4.52 Å². The topological polar surface area (TPSA) is 44.8 Å². The van der Waals surface area contributed by atoms with E-state index in [2.05, 4.69) is 13.6 Å². The summed E-state index contributed by atoms with van der Waals surface area (Å²) in [5.41, 5.74) is -3.60. The van der Waals surface area contributed by atoms with Crippen LogP contribution in [0.5, 0.6) is 5.75 Å². The fraction of sp³-hybridized carbons (Fsp3) is 0.625. The lowest BCUT2D eigenvalue weighted by atomic mass is 10.0. The van der Waals surface area contributed by atoms with Crippen LogP contribution in [0.4, 0.5) is 57.1 Å². The van der Waals surface area contributed by atoms with Gasteiger partial charge in [-0.2, -0.15) is 48.3 Å². The van der Waals surface area contributed by atoms with E-state index in [9.17, 15) is 61.6 Å². The lowest BCUT2D eigenvalue weighted by Crippen LogP contribution is -2.62. The second-order valence-electron chi connectivity index (χ2n) is 7.00. The van der Waals surface area contributed by atoms with Gasteiger partial charge in [-0.05, 0) is 26.0 Å². The van der Waals surface area contributed by atoms with Crippen molar-refractivity contribution in [2.75, 3.05) is 6.61 Å². The molecule has 0 bridgehead atoms. The van der Waals surface area contributed by atoms with Gasteiger partial charge in [0.1, 0.15) is 18.0 Å². The third kappa shape index (κ3) is 5.90. The number of hydrogen-bond donors (Lipinski definition) is 0. The molecule has 0 N–H and O–H groups in total. The molecule has 0 fully saturated rings. The van der Waals surface area contributed by atoms with Crippen LogP contribution in [0.2, 0.25) is 0 Å². The number of phosphoric ester groups is 1. The second-order valence-corrected chi connectivity index (χ2v) is 8.52. The van der Waals surface area contributed by atoms with Crippen molar-refractivity contribution < 1.29 is 75.2 Å². The molecule has 0 amide bonds. The summed E-state index contributed by atoms with van der Waals surface area (Å²) in [6, 6.07) is 5.11. The van der Waals surface area contributed by atoms with Gasteiger partial charge in [0.05, 0.1) is 0 Å². The first-order valence-electron chi connectivity index (χ1n) is 8.50. The first-order chi connectivity index (χ1) is 14.9. The van der Waals surface area contributed by atoms with E-state index in [1.54, 1.807) is 0 Å². The van der Waals surface area contributed by atoms with Crippen LogP contribution in [-0.4, -0.2) is 48.5 Å². The molecule has 0 heterocycles. The highest BCUT2D eigenvalue weighted by Crippen LogP contribution is 2.59. The maximum Gasteiger partial charge on any atom is 0.531 e. The van der Waals surface area contributed by atoms with E-state index < -0.39 is 62.1 Å². The fourth-order valence-corrected chi connectivity index (χ4v) is 3.47. The molecule has 198 valence electrons. The molecule has 18 heteroatoms. The van der Waals surface area contributed by atoms with Crippen molar-refractivity contribution >= 4 is 7.82 Å². The molecule has 1 aromatic carbocycles. The van der Waals surface area contributed by atoms with E-state index in [1.807, 2.05) is 0 Å². The summed E-state index contributed by atoms with van der Waals surface area (Å²) in [5.74, 6) is -26.9. The lowest BCUT2D eigenvalue weighted by molar-refractivity contribution is -0.398. The summed E-state index contributed by atoms with van der Waals surface area (Å²) in [4.78, 5) is 0. The Morgan fingerprint density at radius 2 is 1.29 bits per heavy atom. The number of para-hydroxylation sites is 1. The monoisotopic (exact) mass is 548 g/mol. The number of halogens is 13. The molecule has 1 atom stereocenters. The normalized spacial score (nSPS) is 16.5. The highest BCUT2D eigenvalue weighted by atomic mass is 31.2. The average Bonchev–Trinajstić information content (AvgIpc) is 2.65.